The van der Waals surface area contributed by atoms with E-state index in [-0.39, 0.29) is 11.9 Å². The van der Waals surface area contributed by atoms with Crippen LogP contribution in [0.2, 0.25) is 0 Å². The van der Waals surface area contributed by atoms with Crippen LogP contribution in [0.4, 0.5) is 0 Å². The van der Waals surface area contributed by atoms with Gasteiger partial charge in [-0.05, 0) is 20.9 Å². The molecule has 1 aromatic heterocycles. The van der Waals surface area contributed by atoms with Crippen molar-refractivity contribution in [1.82, 2.24) is 9.88 Å². The summed E-state index contributed by atoms with van der Waals surface area (Å²) in [6.07, 6.45) is 0.560. The summed E-state index contributed by atoms with van der Waals surface area (Å²) in [5.41, 5.74) is 8.41. The van der Waals surface area contributed by atoms with Crippen molar-refractivity contribution in [3.8, 4) is 0 Å². The van der Waals surface area contributed by atoms with E-state index in [0.29, 0.717) is 6.42 Å². The first kappa shape index (κ1) is 12.9. The van der Waals surface area contributed by atoms with Crippen molar-refractivity contribution in [2.75, 3.05) is 7.05 Å². The molecular formula is C10H18N4OS. The lowest BCUT2D eigenvalue weighted by atomic mass is 10.2. The number of nitrogens with two attached hydrogens (primary N) is 1. The highest BCUT2D eigenvalue weighted by atomic mass is 32.1. The van der Waals surface area contributed by atoms with Crippen molar-refractivity contribution < 1.29 is 5.21 Å². The molecule has 16 heavy (non-hydrogen) atoms. The van der Waals surface area contributed by atoms with E-state index in [1.54, 1.807) is 11.3 Å². The number of aryl methyl sites for hydroxylation is 1. The second-order valence-corrected chi connectivity index (χ2v) is 4.86. The summed E-state index contributed by atoms with van der Waals surface area (Å²) in [5.74, 6) is 0.264. The van der Waals surface area contributed by atoms with Gasteiger partial charge < -0.3 is 10.9 Å². The topological polar surface area (TPSA) is 74.7 Å². The van der Waals surface area contributed by atoms with Gasteiger partial charge >= 0.3 is 0 Å². The van der Waals surface area contributed by atoms with Crippen LogP contribution in [0.5, 0.6) is 0 Å². The van der Waals surface area contributed by atoms with E-state index >= 15 is 0 Å². The molecule has 6 heteroatoms. The summed E-state index contributed by atoms with van der Waals surface area (Å²) in [6, 6.07) is 0.234. The van der Waals surface area contributed by atoms with Gasteiger partial charge in [0.15, 0.2) is 0 Å². The largest absolute Gasteiger partial charge is 0.409 e. The van der Waals surface area contributed by atoms with E-state index in [4.69, 9.17) is 10.9 Å². The van der Waals surface area contributed by atoms with Crippen LogP contribution in [0.25, 0.3) is 0 Å². The van der Waals surface area contributed by atoms with Gasteiger partial charge in [0.1, 0.15) is 5.84 Å². The number of nitrogens with zero attached hydrogens (tertiary/aromatic N) is 3. The molecule has 3 N–H and O–H groups in total. The van der Waals surface area contributed by atoms with Crippen molar-refractivity contribution >= 4 is 17.2 Å². The molecule has 1 heterocycles. The number of rotatable bonds is 5. The Morgan fingerprint density at radius 1 is 1.75 bits per heavy atom. The van der Waals surface area contributed by atoms with Crippen molar-refractivity contribution in [3.05, 3.63) is 16.1 Å². The highest BCUT2D eigenvalue weighted by molar-refractivity contribution is 7.09. The Balaban J connectivity index is 2.52. The summed E-state index contributed by atoms with van der Waals surface area (Å²) >= 11 is 1.66. The van der Waals surface area contributed by atoms with E-state index in [1.807, 2.05) is 19.5 Å². The van der Waals surface area contributed by atoms with E-state index in [2.05, 4.69) is 22.0 Å². The van der Waals surface area contributed by atoms with Crippen LogP contribution < -0.4 is 5.73 Å². The minimum atomic E-state index is 0.234. The maximum atomic E-state index is 8.50. The lowest BCUT2D eigenvalue weighted by Gasteiger charge is -2.23. The third kappa shape index (κ3) is 3.46. The predicted octanol–water partition coefficient (Wildman–Crippen LogP) is 1.41. The predicted molar refractivity (Wildman–Crippen MR) is 65.8 cm³/mol. The van der Waals surface area contributed by atoms with Gasteiger partial charge in [0.05, 0.1) is 11.2 Å². The van der Waals surface area contributed by atoms with Gasteiger partial charge in [0.2, 0.25) is 0 Å². The van der Waals surface area contributed by atoms with Gasteiger partial charge in [-0.2, -0.15) is 0 Å². The summed E-state index contributed by atoms with van der Waals surface area (Å²) < 4.78 is 0. The van der Waals surface area contributed by atoms with Crippen LogP contribution in [-0.2, 0) is 6.54 Å². The molecule has 0 amide bonds. The highest BCUT2D eigenvalue weighted by Gasteiger charge is 2.13. The normalized spacial score (nSPS) is 14.4. The fourth-order valence-electron chi connectivity index (χ4n) is 1.36. The Morgan fingerprint density at radius 3 is 2.94 bits per heavy atom. The number of amidine groups is 1. The molecular weight excluding hydrogens is 224 g/mol. The summed E-state index contributed by atoms with van der Waals surface area (Å²) in [7, 11) is 2.02. The number of hydrogen-bond donors (Lipinski definition) is 2. The molecule has 0 saturated carbocycles. The second kappa shape index (κ2) is 5.81. The van der Waals surface area contributed by atoms with Gasteiger partial charge in [-0.3, -0.25) is 4.90 Å². The first-order chi connectivity index (χ1) is 7.54. The number of thiazole rings is 1. The molecule has 0 radical (unpaired) electrons. The van der Waals surface area contributed by atoms with Crippen LogP contribution in [0.3, 0.4) is 0 Å². The Morgan fingerprint density at radius 2 is 2.44 bits per heavy atom. The van der Waals surface area contributed by atoms with Crippen molar-refractivity contribution in [1.29, 1.82) is 0 Å². The zero-order chi connectivity index (χ0) is 12.1. The summed E-state index contributed by atoms with van der Waals surface area (Å²) in [4.78, 5) is 7.63. The maximum Gasteiger partial charge on any atom is 0.140 e. The quantitative estimate of drug-likeness (QED) is 0.354. The molecule has 90 valence electrons. The van der Waals surface area contributed by atoms with E-state index in [1.165, 1.54) is 4.88 Å². The lowest BCUT2D eigenvalue weighted by Crippen LogP contribution is -2.32. The zero-order valence-electron chi connectivity index (χ0n) is 9.84. The number of oxime groups is 1. The van der Waals surface area contributed by atoms with E-state index < -0.39 is 0 Å². The summed E-state index contributed by atoms with van der Waals surface area (Å²) in [6.45, 7) is 4.90. The molecule has 0 spiro atoms. The first-order valence-corrected chi connectivity index (χ1v) is 5.98. The van der Waals surface area contributed by atoms with Crippen LogP contribution in [0.1, 0.15) is 23.9 Å². The smallest absolute Gasteiger partial charge is 0.140 e. The minimum absolute atomic E-state index is 0.234. The van der Waals surface area contributed by atoms with Gasteiger partial charge in [-0.25, -0.2) is 4.98 Å². The molecule has 0 aromatic carbocycles. The Labute approximate surface area is 99.6 Å². The lowest BCUT2D eigenvalue weighted by molar-refractivity contribution is 0.252. The van der Waals surface area contributed by atoms with Crippen molar-refractivity contribution in [2.24, 2.45) is 10.9 Å². The molecule has 0 fully saturated rings. The van der Waals surface area contributed by atoms with Crippen LogP contribution in [-0.4, -0.2) is 34.0 Å². The van der Waals surface area contributed by atoms with Gasteiger partial charge in [-0.15, -0.1) is 11.3 Å². The van der Waals surface area contributed by atoms with Crippen molar-refractivity contribution in [3.63, 3.8) is 0 Å². The third-order valence-corrected chi connectivity index (χ3v) is 3.54. The van der Waals surface area contributed by atoms with Gasteiger partial charge in [-0.1, -0.05) is 5.16 Å². The number of hydrogen-bond acceptors (Lipinski definition) is 5. The van der Waals surface area contributed by atoms with Gasteiger partial charge in [0.25, 0.3) is 0 Å². The molecule has 1 unspecified atom stereocenters. The highest BCUT2D eigenvalue weighted by Crippen LogP contribution is 2.16. The first-order valence-electron chi connectivity index (χ1n) is 5.10. The SMILES string of the molecule is Cc1ncsc1CN(C)C(C)CC(N)=NO. The Hall–Kier alpha value is -1.14. The molecule has 0 saturated heterocycles. The van der Waals surface area contributed by atoms with E-state index in [9.17, 15) is 0 Å². The van der Waals surface area contributed by atoms with Crippen molar-refractivity contribution in [2.45, 2.75) is 32.9 Å². The Bertz CT molecular complexity index is 363. The molecule has 5 nitrogen and oxygen atoms in total. The molecule has 1 atom stereocenters. The zero-order valence-corrected chi connectivity index (χ0v) is 10.7. The number of aromatic nitrogens is 1. The maximum absolute atomic E-state index is 8.50. The monoisotopic (exact) mass is 242 g/mol. The molecule has 1 rings (SSSR count). The standard InChI is InChI=1S/C10H18N4OS/c1-7(4-10(11)13-15)14(3)5-9-8(2)12-6-16-9/h6-7,15H,4-5H2,1-3H3,(H2,11,13). The van der Waals surface area contributed by atoms with Crippen LogP contribution in [0.15, 0.2) is 10.7 Å². The average Bonchev–Trinajstić information content (AvgIpc) is 2.64. The molecule has 0 aliphatic rings. The fourth-order valence-corrected chi connectivity index (χ4v) is 2.20. The van der Waals surface area contributed by atoms with Crippen LogP contribution in [0, 0.1) is 6.92 Å². The summed E-state index contributed by atoms with van der Waals surface area (Å²) in [5, 5.41) is 11.5. The van der Waals surface area contributed by atoms with Crippen LogP contribution >= 0.6 is 11.3 Å². The molecule has 1 aromatic rings. The second-order valence-electron chi connectivity index (χ2n) is 3.92. The fraction of sp³-hybridized carbons (Fsp3) is 0.600. The Kier molecular flexibility index (Phi) is 4.70. The van der Waals surface area contributed by atoms with Gasteiger partial charge in [0, 0.05) is 23.9 Å². The third-order valence-electron chi connectivity index (χ3n) is 2.62. The molecule has 0 bridgehead atoms. The minimum Gasteiger partial charge on any atom is -0.409 e. The average molecular weight is 242 g/mol. The molecule has 0 aliphatic heterocycles. The van der Waals surface area contributed by atoms with E-state index in [0.717, 1.165) is 12.2 Å². The molecule has 0 aliphatic carbocycles.